The Morgan fingerprint density at radius 3 is 2.56 bits per heavy atom. The summed E-state index contributed by atoms with van der Waals surface area (Å²) in [5.41, 5.74) is 13.0. The highest BCUT2D eigenvalue weighted by Gasteiger charge is 2.56. The molecule has 1 aromatic carbocycles. The van der Waals surface area contributed by atoms with E-state index >= 15 is 0 Å². The number of carbonyl (C=O) groups excluding carboxylic acids is 3. The predicted octanol–water partition coefficient (Wildman–Crippen LogP) is -0.0281. The van der Waals surface area contributed by atoms with Gasteiger partial charge in [0.15, 0.2) is 0 Å². The van der Waals surface area contributed by atoms with Crippen LogP contribution in [0.4, 0.5) is 0 Å². The number of amides is 3. The normalized spacial score (nSPS) is 32.5. The quantitative estimate of drug-likeness (QED) is 0.643. The van der Waals surface area contributed by atoms with E-state index < -0.39 is 11.9 Å². The molecule has 9 nitrogen and oxygen atoms in total. The van der Waals surface area contributed by atoms with Crippen LogP contribution in [-0.4, -0.2) is 75.7 Å². The van der Waals surface area contributed by atoms with Crippen molar-refractivity contribution in [2.45, 2.75) is 62.4 Å². The number of piperidine rings is 1. The second-order valence-corrected chi connectivity index (χ2v) is 9.56. The van der Waals surface area contributed by atoms with Crippen LogP contribution in [0.1, 0.15) is 48.1 Å². The molecule has 3 amide bonds. The Bertz CT molecular complexity index is 1000. The van der Waals surface area contributed by atoms with Gasteiger partial charge in [0.1, 0.15) is 6.04 Å². The molecule has 5 rings (SSSR count). The molecule has 1 unspecified atom stereocenters. The number of nitrogens with two attached hydrogens (primary N) is 2. The zero-order valence-electron chi connectivity index (χ0n) is 18.1. The van der Waals surface area contributed by atoms with Gasteiger partial charge >= 0.3 is 0 Å². The van der Waals surface area contributed by atoms with E-state index in [-0.39, 0.29) is 42.0 Å². The van der Waals surface area contributed by atoms with Crippen molar-refractivity contribution in [1.82, 2.24) is 14.7 Å². The van der Waals surface area contributed by atoms with Gasteiger partial charge in [0, 0.05) is 30.7 Å². The number of nitriles is 1. The van der Waals surface area contributed by atoms with Crippen LogP contribution in [0.2, 0.25) is 0 Å². The van der Waals surface area contributed by atoms with Crippen LogP contribution in [0.3, 0.4) is 0 Å². The van der Waals surface area contributed by atoms with E-state index in [9.17, 15) is 19.6 Å². The van der Waals surface area contributed by atoms with Gasteiger partial charge in [-0.15, -0.1) is 0 Å². The third-order valence-corrected chi connectivity index (χ3v) is 7.67. The van der Waals surface area contributed by atoms with Crippen molar-refractivity contribution in [1.29, 1.82) is 5.26 Å². The summed E-state index contributed by atoms with van der Waals surface area (Å²) in [6.45, 7) is 2.99. The van der Waals surface area contributed by atoms with E-state index in [0.717, 1.165) is 24.8 Å². The Balaban J connectivity index is 1.22. The number of nitrogens with zero attached hydrogens (tertiary/aromatic N) is 4. The fraction of sp³-hybridized carbons (Fsp3) is 0.565. The van der Waals surface area contributed by atoms with Gasteiger partial charge in [-0.2, -0.15) is 5.26 Å². The van der Waals surface area contributed by atoms with Crippen LogP contribution >= 0.6 is 0 Å². The molecule has 3 aliphatic heterocycles. The van der Waals surface area contributed by atoms with Crippen molar-refractivity contribution in [3.8, 4) is 6.07 Å². The molecular formula is C23H28N6O3. The lowest BCUT2D eigenvalue weighted by Gasteiger charge is -2.38. The first kappa shape index (κ1) is 20.9. The van der Waals surface area contributed by atoms with Crippen LogP contribution in [0.15, 0.2) is 24.3 Å². The minimum atomic E-state index is -0.732. The third kappa shape index (κ3) is 3.26. The highest BCUT2D eigenvalue weighted by molar-refractivity contribution is 5.92. The molecule has 9 heteroatoms. The zero-order valence-corrected chi connectivity index (χ0v) is 18.1. The van der Waals surface area contributed by atoms with Crippen molar-refractivity contribution in [2.24, 2.45) is 17.4 Å². The van der Waals surface area contributed by atoms with Crippen LogP contribution < -0.4 is 11.5 Å². The lowest BCUT2D eigenvalue weighted by Crippen LogP contribution is -2.57. The number of carbonyl (C=O) groups is 3. The largest absolute Gasteiger partial charge is 0.366 e. The molecule has 0 radical (unpaired) electrons. The number of primary amides is 1. The summed E-state index contributed by atoms with van der Waals surface area (Å²) in [4.78, 5) is 43.0. The number of benzene rings is 1. The molecule has 3 heterocycles. The Labute approximate surface area is 186 Å². The van der Waals surface area contributed by atoms with Crippen molar-refractivity contribution in [2.75, 3.05) is 13.1 Å². The van der Waals surface area contributed by atoms with Gasteiger partial charge in [-0.25, -0.2) is 0 Å². The summed E-state index contributed by atoms with van der Waals surface area (Å²) in [6.07, 6.45) is 2.44. The predicted molar refractivity (Wildman–Crippen MR) is 115 cm³/mol. The molecule has 0 aromatic heterocycles. The number of fused-ring (bicyclic) bond motifs is 3. The highest BCUT2D eigenvalue weighted by Crippen LogP contribution is 2.48. The molecular weight excluding hydrogens is 408 g/mol. The standard InChI is InChI=1S/C23H28N6O3/c1-12(13-2-4-14(5-3-13)21(26)30)28-17-8-20(23(28)32)27(10-17)11-18(25)22(31)29-16(9-24)6-15-7-19(15)29/h2-5,12,15-20H,6-8,10-11,25H2,1H3,(H2,26,30)/t12-,15?,16-,17-,18-,19-,20-/m0/s1. The van der Waals surface area contributed by atoms with Gasteiger partial charge in [-0.05, 0) is 49.8 Å². The van der Waals surface area contributed by atoms with Gasteiger partial charge in [0.05, 0.1) is 24.2 Å². The summed E-state index contributed by atoms with van der Waals surface area (Å²) in [7, 11) is 0. The second kappa shape index (κ2) is 7.57. The second-order valence-electron chi connectivity index (χ2n) is 9.56. The Morgan fingerprint density at radius 2 is 1.94 bits per heavy atom. The highest BCUT2D eigenvalue weighted by atomic mass is 16.2. The van der Waals surface area contributed by atoms with E-state index in [1.54, 1.807) is 17.0 Å². The number of hydrogen-bond donors (Lipinski definition) is 2. The fourth-order valence-electron chi connectivity index (χ4n) is 5.90. The van der Waals surface area contributed by atoms with Gasteiger partial charge in [-0.3, -0.25) is 19.3 Å². The molecule has 4 N–H and O–H groups in total. The SMILES string of the molecule is C[C@@H](c1ccc(C(N)=O)cc1)N1C(=O)[C@@H]2C[C@H]1CN2C[C@H](N)C(=O)N1[C@H](C#N)CC2C[C@@H]21. The summed E-state index contributed by atoms with van der Waals surface area (Å²) in [6, 6.07) is 8.01. The van der Waals surface area contributed by atoms with E-state index in [2.05, 4.69) is 6.07 Å². The van der Waals surface area contributed by atoms with Crippen molar-refractivity contribution < 1.29 is 14.4 Å². The van der Waals surface area contributed by atoms with Crippen molar-refractivity contribution in [3.05, 3.63) is 35.4 Å². The van der Waals surface area contributed by atoms with E-state index in [1.165, 1.54) is 0 Å². The molecule has 2 bridgehead atoms. The van der Waals surface area contributed by atoms with Crippen LogP contribution in [0.25, 0.3) is 0 Å². The van der Waals surface area contributed by atoms with E-state index in [1.807, 2.05) is 28.9 Å². The topological polar surface area (TPSA) is 137 Å². The molecule has 32 heavy (non-hydrogen) atoms. The summed E-state index contributed by atoms with van der Waals surface area (Å²) >= 11 is 0. The Kier molecular flexibility index (Phi) is 4.95. The maximum Gasteiger partial charge on any atom is 0.248 e. The number of piperazine rings is 1. The van der Waals surface area contributed by atoms with Gasteiger partial charge < -0.3 is 21.3 Å². The van der Waals surface area contributed by atoms with Crippen LogP contribution in [-0.2, 0) is 9.59 Å². The Hall–Kier alpha value is -2.96. The zero-order chi connectivity index (χ0) is 22.7. The lowest BCUT2D eigenvalue weighted by molar-refractivity contribution is -0.141. The minimum Gasteiger partial charge on any atom is -0.366 e. The molecule has 3 saturated heterocycles. The smallest absolute Gasteiger partial charge is 0.248 e. The first-order chi connectivity index (χ1) is 15.3. The molecule has 168 valence electrons. The first-order valence-corrected chi connectivity index (χ1v) is 11.2. The molecule has 0 spiro atoms. The molecule has 1 aromatic rings. The molecule has 4 fully saturated rings. The lowest BCUT2D eigenvalue weighted by atomic mass is 10.0. The average molecular weight is 437 g/mol. The summed E-state index contributed by atoms with van der Waals surface area (Å²) in [5, 5.41) is 9.36. The maximum atomic E-state index is 13.2. The van der Waals surface area contributed by atoms with E-state index in [0.29, 0.717) is 24.6 Å². The first-order valence-electron chi connectivity index (χ1n) is 11.2. The van der Waals surface area contributed by atoms with Gasteiger partial charge in [-0.1, -0.05) is 12.1 Å². The minimum absolute atomic E-state index is 0.0470. The van der Waals surface area contributed by atoms with Crippen molar-refractivity contribution in [3.63, 3.8) is 0 Å². The third-order valence-electron chi connectivity index (χ3n) is 7.67. The van der Waals surface area contributed by atoms with Crippen LogP contribution in [0.5, 0.6) is 0 Å². The monoisotopic (exact) mass is 436 g/mol. The maximum absolute atomic E-state index is 13.2. The van der Waals surface area contributed by atoms with Gasteiger partial charge in [0.25, 0.3) is 0 Å². The number of hydrogen-bond acceptors (Lipinski definition) is 6. The summed E-state index contributed by atoms with van der Waals surface area (Å²) in [5.74, 6) is -0.149. The molecule has 1 saturated carbocycles. The van der Waals surface area contributed by atoms with Crippen LogP contribution in [0, 0.1) is 17.2 Å². The average Bonchev–Trinajstić information content (AvgIpc) is 3.11. The van der Waals surface area contributed by atoms with E-state index in [4.69, 9.17) is 11.5 Å². The number of rotatable bonds is 6. The Morgan fingerprint density at radius 1 is 1.22 bits per heavy atom. The molecule has 7 atom stereocenters. The van der Waals surface area contributed by atoms with Gasteiger partial charge in [0.2, 0.25) is 17.7 Å². The summed E-state index contributed by atoms with van der Waals surface area (Å²) < 4.78 is 0. The number of likely N-dealkylation sites (tertiary alicyclic amines) is 3. The molecule has 1 aliphatic carbocycles. The fourth-order valence-corrected chi connectivity index (χ4v) is 5.90. The van der Waals surface area contributed by atoms with Crippen molar-refractivity contribution >= 4 is 17.7 Å². The molecule has 4 aliphatic rings.